The van der Waals surface area contributed by atoms with Crippen molar-refractivity contribution in [3.8, 4) is 0 Å². The topological polar surface area (TPSA) is 32.3 Å². The predicted octanol–water partition coefficient (Wildman–Crippen LogP) is 3.90. The van der Waals surface area contributed by atoms with Crippen LogP contribution in [0.4, 0.5) is 18.9 Å². The molecule has 2 rings (SSSR count). The highest BCUT2D eigenvalue weighted by Gasteiger charge is 2.14. The number of benzene rings is 2. The van der Waals surface area contributed by atoms with Crippen LogP contribution in [0, 0.1) is 17.5 Å². The monoisotopic (exact) mass is 301 g/mol. The van der Waals surface area contributed by atoms with Crippen LogP contribution in [-0.4, -0.2) is 11.7 Å². The van der Waals surface area contributed by atoms with Crippen molar-refractivity contribution < 1.29 is 18.3 Å². The maximum atomic E-state index is 13.6. The smallest absolute Gasteiger partial charge is 0.164 e. The predicted molar refractivity (Wildman–Crippen MR) is 71.2 cm³/mol. The molecule has 2 aromatic carbocycles. The van der Waals surface area contributed by atoms with Crippen LogP contribution in [0.2, 0.25) is 5.02 Å². The third kappa shape index (κ3) is 3.23. The minimum Gasteiger partial charge on any atom is -0.386 e. The Morgan fingerprint density at radius 3 is 2.60 bits per heavy atom. The van der Waals surface area contributed by atoms with Crippen LogP contribution in [0.5, 0.6) is 0 Å². The van der Waals surface area contributed by atoms with Crippen LogP contribution in [0.3, 0.4) is 0 Å². The van der Waals surface area contributed by atoms with E-state index in [1.807, 2.05) is 0 Å². The Hall–Kier alpha value is -1.72. The molecule has 0 aliphatic heterocycles. The summed E-state index contributed by atoms with van der Waals surface area (Å²) in [6.07, 6.45) is -1.24. The molecule has 0 saturated heterocycles. The summed E-state index contributed by atoms with van der Waals surface area (Å²) >= 11 is 5.61. The van der Waals surface area contributed by atoms with Gasteiger partial charge in [0, 0.05) is 18.2 Å². The molecule has 0 bridgehead atoms. The van der Waals surface area contributed by atoms with Crippen molar-refractivity contribution in [2.75, 3.05) is 11.9 Å². The fourth-order valence-corrected chi connectivity index (χ4v) is 1.90. The lowest BCUT2D eigenvalue weighted by atomic mass is 10.1. The summed E-state index contributed by atoms with van der Waals surface area (Å²) in [6, 6.07) is 7.23. The Labute approximate surface area is 118 Å². The van der Waals surface area contributed by atoms with E-state index in [2.05, 4.69) is 5.32 Å². The van der Waals surface area contributed by atoms with E-state index in [1.165, 1.54) is 12.1 Å². The number of aliphatic hydroxyl groups excluding tert-OH is 1. The molecule has 0 aliphatic carbocycles. The molecule has 0 fully saturated rings. The first kappa shape index (κ1) is 14.7. The van der Waals surface area contributed by atoms with E-state index in [4.69, 9.17) is 11.6 Å². The zero-order valence-electron chi connectivity index (χ0n) is 10.2. The van der Waals surface area contributed by atoms with Gasteiger partial charge in [-0.25, -0.2) is 13.2 Å². The summed E-state index contributed by atoms with van der Waals surface area (Å²) in [5.41, 5.74) is 0.0282. The molecule has 2 N–H and O–H groups in total. The van der Waals surface area contributed by atoms with E-state index in [9.17, 15) is 18.3 Å². The molecule has 0 radical (unpaired) electrons. The highest BCUT2D eigenvalue weighted by molar-refractivity contribution is 6.31. The lowest BCUT2D eigenvalue weighted by Crippen LogP contribution is -2.14. The van der Waals surface area contributed by atoms with E-state index in [0.717, 1.165) is 12.1 Å². The van der Waals surface area contributed by atoms with Gasteiger partial charge in [-0.05, 0) is 18.2 Å². The minimum atomic E-state index is -1.24. The first-order chi connectivity index (χ1) is 9.49. The van der Waals surface area contributed by atoms with Gasteiger partial charge in [0.05, 0.1) is 16.8 Å². The summed E-state index contributed by atoms with van der Waals surface area (Å²) in [5, 5.41) is 12.4. The fourth-order valence-electron chi connectivity index (χ4n) is 1.73. The van der Waals surface area contributed by atoms with Crippen LogP contribution in [-0.2, 0) is 0 Å². The number of aliphatic hydroxyl groups is 1. The van der Waals surface area contributed by atoms with Crippen LogP contribution < -0.4 is 5.32 Å². The van der Waals surface area contributed by atoms with E-state index in [1.54, 1.807) is 6.07 Å². The molecule has 20 heavy (non-hydrogen) atoms. The number of nitrogens with one attached hydrogen (secondary N) is 1. The van der Waals surface area contributed by atoms with Gasteiger partial charge in [0.1, 0.15) is 11.6 Å². The molecule has 2 nitrogen and oxygen atoms in total. The number of hydrogen-bond acceptors (Lipinski definition) is 2. The van der Waals surface area contributed by atoms with Crippen LogP contribution in [0.25, 0.3) is 0 Å². The summed E-state index contributed by atoms with van der Waals surface area (Å²) in [7, 11) is 0. The first-order valence-corrected chi connectivity index (χ1v) is 6.17. The van der Waals surface area contributed by atoms with Gasteiger partial charge in [0.15, 0.2) is 5.82 Å². The minimum absolute atomic E-state index is 0.0579. The molecule has 0 aromatic heterocycles. The Morgan fingerprint density at radius 1 is 1.15 bits per heavy atom. The first-order valence-electron chi connectivity index (χ1n) is 5.80. The normalized spacial score (nSPS) is 12.2. The van der Waals surface area contributed by atoms with Gasteiger partial charge in [0.25, 0.3) is 0 Å². The quantitative estimate of drug-likeness (QED) is 0.897. The molecule has 2 aromatic rings. The fraction of sp³-hybridized carbons (Fsp3) is 0.143. The van der Waals surface area contributed by atoms with Gasteiger partial charge in [-0.3, -0.25) is 0 Å². The Balaban J connectivity index is 2.08. The molecule has 106 valence electrons. The Morgan fingerprint density at radius 2 is 1.90 bits per heavy atom. The second kappa shape index (κ2) is 6.15. The van der Waals surface area contributed by atoms with Crippen molar-refractivity contribution in [2.24, 2.45) is 0 Å². The SMILES string of the molecule is OC(CNc1cccc(Cl)c1F)c1ccc(F)cc1F. The van der Waals surface area contributed by atoms with Crippen molar-refractivity contribution in [2.45, 2.75) is 6.10 Å². The Kier molecular flexibility index (Phi) is 4.52. The van der Waals surface area contributed by atoms with Crippen LogP contribution >= 0.6 is 11.6 Å². The van der Waals surface area contributed by atoms with Crippen LogP contribution in [0.15, 0.2) is 36.4 Å². The van der Waals surface area contributed by atoms with Crippen molar-refractivity contribution in [1.29, 1.82) is 0 Å². The van der Waals surface area contributed by atoms with Crippen molar-refractivity contribution >= 4 is 17.3 Å². The van der Waals surface area contributed by atoms with Gasteiger partial charge >= 0.3 is 0 Å². The van der Waals surface area contributed by atoms with Gasteiger partial charge in [0.2, 0.25) is 0 Å². The van der Waals surface area contributed by atoms with Crippen molar-refractivity contribution in [3.63, 3.8) is 0 Å². The van der Waals surface area contributed by atoms with Crippen molar-refractivity contribution in [1.82, 2.24) is 0 Å². The highest BCUT2D eigenvalue weighted by Crippen LogP contribution is 2.24. The average Bonchev–Trinajstić information content (AvgIpc) is 2.40. The second-order valence-corrected chi connectivity index (χ2v) is 4.57. The third-order valence-electron chi connectivity index (χ3n) is 2.76. The molecule has 0 saturated carbocycles. The van der Waals surface area contributed by atoms with Crippen LogP contribution in [0.1, 0.15) is 11.7 Å². The molecule has 0 spiro atoms. The summed E-state index contributed by atoms with van der Waals surface area (Å²) < 4.78 is 39.8. The number of hydrogen-bond donors (Lipinski definition) is 2. The molecular formula is C14H11ClF3NO. The van der Waals surface area contributed by atoms with Gasteiger partial charge < -0.3 is 10.4 Å². The van der Waals surface area contributed by atoms with E-state index in [0.29, 0.717) is 6.07 Å². The molecule has 6 heteroatoms. The maximum absolute atomic E-state index is 13.6. The summed E-state index contributed by atoms with van der Waals surface area (Å²) in [4.78, 5) is 0. The average molecular weight is 302 g/mol. The highest BCUT2D eigenvalue weighted by atomic mass is 35.5. The molecule has 1 atom stereocenters. The largest absolute Gasteiger partial charge is 0.386 e. The van der Waals surface area contributed by atoms with Gasteiger partial charge in [-0.1, -0.05) is 23.7 Å². The zero-order valence-corrected chi connectivity index (χ0v) is 11.0. The summed E-state index contributed by atoms with van der Waals surface area (Å²) in [5.74, 6) is -2.24. The zero-order chi connectivity index (χ0) is 14.7. The summed E-state index contributed by atoms with van der Waals surface area (Å²) in [6.45, 7) is -0.139. The molecule has 1 unspecified atom stereocenters. The van der Waals surface area contributed by atoms with Gasteiger partial charge in [-0.2, -0.15) is 0 Å². The van der Waals surface area contributed by atoms with E-state index < -0.39 is 23.6 Å². The lowest BCUT2D eigenvalue weighted by Gasteiger charge is -2.14. The number of anilines is 1. The molecule has 0 heterocycles. The molecule has 0 aliphatic rings. The van der Waals surface area contributed by atoms with E-state index in [-0.39, 0.29) is 22.8 Å². The van der Waals surface area contributed by atoms with Crippen molar-refractivity contribution in [3.05, 3.63) is 64.4 Å². The van der Waals surface area contributed by atoms with Gasteiger partial charge in [-0.15, -0.1) is 0 Å². The number of halogens is 4. The second-order valence-electron chi connectivity index (χ2n) is 4.16. The standard InChI is InChI=1S/C14H11ClF3NO/c15-10-2-1-3-12(14(10)18)19-7-13(20)9-5-4-8(16)6-11(9)17/h1-6,13,19-20H,7H2. The number of rotatable bonds is 4. The van der Waals surface area contributed by atoms with E-state index >= 15 is 0 Å². The molecule has 0 amide bonds. The maximum Gasteiger partial charge on any atom is 0.164 e. The lowest BCUT2D eigenvalue weighted by molar-refractivity contribution is 0.186. The third-order valence-corrected chi connectivity index (χ3v) is 3.05. The molecular weight excluding hydrogens is 291 g/mol. The Bertz CT molecular complexity index is 621.